The molecule has 8 heteroatoms. The van der Waals surface area contributed by atoms with Crippen LogP contribution in [0.5, 0.6) is 5.75 Å². The van der Waals surface area contributed by atoms with Crippen LogP contribution in [-0.2, 0) is 9.19 Å². The summed E-state index contributed by atoms with van der Waals surface area (Å²) in [7, 11) is -4.61. The SMILES string of the molecule is O=[N+](O)OP(=O)(O)Oc1ccccc1. The Balaban J connectivity index is 2.69. The highest BCUT2D eigenvalue weighted by atomic mass is 31.2. The molecule has 1 atom stereocenters. The standard InChI is InChI=1S/C6H6NO6P/c8-7(9)13-14(10,11)12-6-4-2-1-3-5-6/h1-5H,(H-,8,9,10,11)/p+1. The van der Waals surface area contributed by atoms with E-state index in [1.165, 1.54) is 12.1 Å². The molecule has 7 nitrogen and oxygen atoms in total. The molecular formula is C6H7NO6P+. The molecule has 0 aliphatic heterocycles. The normalized spacial score (nSPS) is 14.1. The van der Waals surface area contributed by atoms with Crippen molar-refractivity contribution >= 4 is 7.82 Å². The molecular weight excluding hydrogens is 213 g/mol. The van der Waals surface area contributed by atoms with Crippen LogP contribution < -0.4 is 4.52 Å². The predicted molar refractivity (Wildman–Crippen MR) is 43.4 cm³/mol. The number of rotatable bonds is 4. The van der Waals surface area contributed by atoms with E-state index in [9.17, 15) is 9.47 Å². The van der Waals surface area contributed by atoms with Crippen LogP contribution in [0.3, 0.4) is 0 Å². The minimum atomic E-state index is -4.61. The number of phosphoric acid groups is 1. The quantitative estimate of drug-likeness (QED) is 0.585. The van der Waals surface area contributed by atoms with Gasteiger partial charge in [0, 0.05) is 0 Å². The minimum Gasteiger partial charge on any atom is -0.392 e. The van der Waals surface area contributed by atoms with E-state index in [0.29, 0.717) is 0 Å². The first kappa shape index (κ1) is 10.5. The minimum absolute atomic E-state index is 0.0418. The molecule has 1 aromatic rings. The van der Waals surface area contributed by atoms with Gasteiger partial charge in [-0.3, -0.25) is 4.89 Å². The lowest BCUT2D eigenvalue weighted by Crippen LogP contribution is -2.04. The third kappa shape index (κ3) is 3.42. The molecule has 2 N–H and O–H groups in total. The fourth-order valence-electron chi connectivity index (χ4n) is 0.719. The van der Waals surface area contributed by atoms with Crippen molar-refractivity contribution < 1.29 is 28.9 Å². The molecule has 0 bridgehead atoms. The van der Waals surface area contributed by atoms with Crippen molar-refractivity contribution in [3.8, 4) is 5.75 Å². The van der Waals surface area contributed by atoms with Gasteiger partial charge in [-0.25, -0.2) is 9.77 Å². The first-order chi connectivity index (χ1) is 6.49. The monoisotopic (exact) mass is 220 g/mol. The average Bonchev–Trinajstić information content (AvgIpc) is 2.02. The number of hydrogen-bond donors (Lipinski definition) is 2. The van der Waals surface area contributed by atoms with E-state index in [4.69, 9.17) is 10.1 Å². The third-order valence-corrected chi connectivity index (χ3v) is 1.92. The Morgan fingerprint density at radius 2 is 1.86 bits per heavy atom. The van der Waals surface area contributed by atoms with Crippen LogP contribution >= 0.6 is 7.82 Å². The van der Waals surface area contributed by atoms with Crippen molar-refractivity contribution in [2.24, 2.45) is 0 Å². The van der Waals surface area contributed by atoms with Crippen molar-refractivity contribution in [2.45, 2.75) is 0 Å². The van der Waals surface area contributed by atoms with E-state index in [-0.39, 0.29) is 5.75 Å². The van der Waals surface area contributed by atoms with E-state index >= 15 is 0 Å². The lowest BCUT2D eigenvalue weighted by atomic mass is 10.3. The van der Waals surface area contributed by atoms with Gasteiger partial charge in [0.05, 0.1) is 0 Å². The summed E-state index contributed by atoms with van der Waals surface area (Å²) in [6, 6.07) is 7.56. The van der Waals surface area contributed by atoms with Gasteiger partial charge in [0.2, 0.25) is 0 Å². The highest BCUT2D eigenvalue weighted by molar-refractivity contribution is 7.47. The molecule has 0 saturated heterocycles. The molecule has 0 radical (unpaired) electrons. The van der Waals surface area contributed by atoms with Gasteiger partial charge in [0.25, 0.3) is 0 Å². The summed E-state index contributed by atoms with van der Waals surface area (Å²) in [5, 5.41) is 6.87. The second kappa shape index (κ2) is 4.08. The average molecular weight is 220 g/mol. The number of hydrogen-bond acceptors (Lipinski definition) is 4. The van der Waals surface area contributed by atoms with Crippen LogP contribution in [0.25, 0.3) is 0 Å². The highest BCUT2D eigenvalue weighted by Gasteiger charge is 2.35. The Kier molecular flexibility index (Phi) is 3.06. The zero-order valence-electron chi connectivity index (χ0n) is 6.81. The summed E-state index contributed by atoms with van der Waals surface area (Å²) in [6.45, 7) is 0. The maximum Gasteiger partial charge on any atom is 0.651 e. The number of para-hydroxylation sites is 1. The maximum atomic E-state index is 10.9. The smallest absolute Gasteiger partial charge is 0.392 e. The summed E-state index contributed by atoms with van der Waals surface area (Å²) in [5.74, 6) is 0.0418. The number of phosphoric ester groups is 1. The molecule has 0 aliphatic carbocycles. The molecule has 0 heterocycles. The molecule has 0 fully saturated rings. The molecule has 0 aliphatic rings. The van der Waals surface area contributed by atoms with Crippen molar-refractivity contribution in [1.82, 2.24) is 0 Å². The van der Waals surface area contributed by atoms with Crippen LogP contribution in [0.15, 0.2) is 30.3 Å². The summed E-state index contributed by atoms with van der Waals surface area (Å²) < 4.78 is 18.9. The Labute approximate surface area is 78.6 Å². The Morgan fingerprint density at radius 1 is 1.29 bits per heavy atom. The largest absolute Gasteiger partial charge is 0.651 e. The van der Waals surface area contributed by atoms with Gasteiger partial charge in [-0.15, -0.1) is 0 Å². The fourth-order valence-corrected chi connectivity index (χ4v) is 1.32. The lowest BCUT2D eigenvalue weighted by molar-refractivity contribution is -0.950. The second-order valence-corrected chi connectivity index (χ2v) is 3.48. The molecule has 1 unspecified atom stereocenters. The molecule has 76 valence electrons. The van der Waals surface area contributed by atoms with Crippen LogP contribution in [-0.4, -0.2) is 15.2 Å². The number of benzene rings is 1. The predicted octanol–water partition coefficient (Wildman–Crippen LogP) is 1.27. The van der Waals surface area contributed by atoms with Gasteiger partial charge >= 0.3 is 12.9 Å². The molecule has 1 aromatic carbocycles. The first-order valence-corrected chi connectivity index (χ1v) is 4.92. The van der Waals surface area contributed by atoms with E-state index in [2.05, 4.69) is 9.15 Å². The van der Waals surface area contributed by atoms with Crippen molar-refractivity contribution in [1.29, 1.82) is 0 Å². The summed E-state index contributed by atoms with van der Waals surface area (Å²) >= 11 is 0. The summed E-state index contributed by atoms with van der Waals surface area (Å²) in [5.41, 5.74) is 0. The van der Waals surface area contributed by atoms with Gasteiger partial charge in [0.1, 0.15) is 10.7 Å². The van der Waals surface area contributed by atoms with Crippen LogP contribution in [0.2, 0.25) is 0 Å². The summed E-state index contributed by atoms with van der Waals surface area (Å²) in [6.07, 6.45) is 0. The van der Waals surface area contributed by atoms with Gasteiger partial charge in [-0.2, -0.15) is 0 Å². The fraction of sp³-hybridized carbons (Fsp3) is 0. The third-order valence-electron chi connectivity index (χ3n) is 1.14. The number of nitrogens with zero attached hydrogens (tertiary/aromatic N) is 1. The van der Waals surface area contributed by atoms with Crippen LogP contribution in [0.1, 0.15) is 0 Å². The Bertz CT molecular complexity index is 366. The van der Waals surface area contributed by atoms with Gasteiger partial charge in [-0.05, 0) is 12.1 Å². The van der Waals surface area contributed by atoms with Gasteiger partial charge in [0.15, 0.2) is 0 Å². The van der Waals surface area contributed by atoms with Gasteiger partial charge in [-0.1, -0.05) is 22.8 Å². The zero-order valence-corrected chi connectivity index (χ0v) is 7.70. The van der Waals surface area contributed by atoms with E-state index in [1.807, 2.05) is 0 Å². The summed E-state index contributed by atoms with van der Waals surface area (Å²) in [4.78, 5) is 18.7. The molecule has 0 amide bonds. The molecule has 14 heavy (non-hydrogen) atoms. The van der Waals surface area contributed by atoms with Crippen molar-refractivity contribution in [3.63, 3.8) is 0 Å². The highest BCUT2D eigenvalue weighted by Crippen LogP contribution is 2.43. The second-order valence-electron chi connectivity index (χ2n) is 2.19. The molecule has 0 aromatic heterocycles. The van der Waals surface area contributed by atoms with Crippen LogP contribution in [0.4, 0.5) is 0 Å². The Morgan fingerprint density at radius 3 is 2.36 bits per heavy atom. The van der Waals surface area contributed by atoms with Crippen LogP contribution in [0, 0.1) is 4.91 Å². The van der Waals surface area contributed by atoms with Gasteiger partial charge < -0.3 is 4.52 Å². The zero-order chi connectivity index (χ0) is 10.6. The maximum absolute atomic E-state index is 10.9. The topological polar surface area (TPSA) is 96.1 Å². The van der Waals surface area contributed by atoms with Crippen molar-refractivity contribution in [2.75, 3.05) is 0 Å². The van der Waals surface area contributed by atoms with E-state index < -0.39 is 12.9 Å². The molecule has 0 spiro atoms. The van der Waals surface area contributed by atoms with Crippen molar-refractivity contribution in [3.05, 3.63) is 35.2 Å². The molecule has 1 rings (SSSR count). The first-order valence-electron chi connectivity index (χ1n) is 3.43. The molecule has 0 saturated carbocycles. The Hall–Kier alpha value is -1.59. The van der Waals surface area contributed by atoms with E-state index in [1.54, 1.807) is 18.2 Å². The van der Waals surface area contributed by atoms with E-state index in [0.717, 1.165) is 0 Å². The lowest BCUT2D eigenvalue weighted by Gasteiger charge is -2.04.